The van der Waals surface area contributed by atoms with Gasteiger partial charge in [0.2, 0.25) is 11.8 Å². The molecule has 2 amide bonds. The first-order valence-corrected chi connectivity index (χ1v) is 7.99. The molecule has 1 unspecified atom stereocenters. The Bertz CT molecular complexity index is 805. The highest BCUT2D eigenvalue weighted by atomic mass is 19.1. The normalized spacial score (nSPS) is 16.8. The van der Waals surface area contributed by atoms with Crippen molar-refractivity contribution in [2.45, 2.75) is 13.3 Å². The summed E-state index contributed by atoms with van der Waals surface area (Å²) >= 11 is 0. The summed E-state index contributed by atoms with van der Waals surface area (Å²) in [4.78, 5) is 26.2. The molecule has 2 aromatic rings. The van der Waals surface area contributed by atoms with Crippen molar-refractivity contribution in [3.8, 4) is 5.75 Å². The summed E-state index contributed by atoms with van der Waals surface area (Å²) in [6, 6.07) is 11.6. The molecule has 2 aromatic carbocycles. The van der Waals surface area contributed by atoms with Crippen molar-refractivity contribution >= 4 is 23.2 Å². The lowest BCUT2D eigenvalue weighted by Gasteiger charge is -2.17. The highest BCUT2D eigenvalue weighted by Crippen LogP contribution is 2.28. The lowest BCUT2D eigenvalue weighted by Crippen LogP contribution is -2.28. The second-order valence-corrected chi connectivity index (χ2v) is 6.08. The van der Waals surface area contributed by atoms with Gasteiger partial charge in [-0.05, 0) is 48.9 Å². The van der Waals surface area contributed by atoms with Crippen molar-refractivity contribution in [3.05, 3.63) is 53.8 Å². The van der Waals surface area contributed by atoms with Crippen molar-refractivity contribution in [2.75, 3.05) is 23.9 Å². The van der Waals surface area contributed by atoms with E-state index in [0.717, 1.165) is 5.56 Å². The molecular weight excluding hydrogens is 323 g/mol. The van der Waals surface area contributed by atoms with Gasteiger partial charge in [0.05, 0.1) is 18.7 Å². The van der Waals surface area contributed by atoms with Crippen molar-refractivity contribution in [1.82, 2.24) is 0 Å². The van der Waals surface area contributed by atoms with Crippen molar-refractivity contribution in [1.29, 1.82) is 0 Å². The van der Waals surface area contributed by atoms with Gasteiger partial charge in [0, 0.05) is 18.7 Å². The van der Waals surface area contributed by atoms with E-state index in [9.17, 15) is 14.0 Å². The Morgan fingerprint density at radius 2 is 1.96 bits per heavy atom. The number of hydrogen-bond donors (Lipinski definition) is 1. The molecule has 25 heavy (non-hydrogen) atoms. The highest BCUT2D eigenvalue weighted by molar-refractivity contribution is 6.03. The number of carbonyl (C=O) groups excluding carboxylic acids is 2. The van der Waals surface area contributed by atoms with E-state index in [2.05, 4.69) is 5.32 Å². The first kappa shape index (κ1) is 17.0. The van der Waals surface area contributed by atoms with E-state index < -0.39 is 11.7 Å². The fourth-order valence-corrected chi connectivity index (χ4v) is 2.86. The number of halogens is 1. The van der Waals surface area contributed by atoms with Gasteiger partial charge in [-0.2, -0.15) is 0 Å². The number of rotatable bonds is 4. The van der Waals surface area contributed by atoms with Crippen molar-refractivity contribution in [2.24, 2.45) is 5.92 Å². The van der Waals surface area contributed by atoms with Crippen LogP contribution in [0.25, 0.3) is 0 Å². The highest BCUT2D eigenvalue weighted by Gasteiger charge is 2.35. The van der Waals surface area contributed by atoms with E-state index in [4.69, 9.17) is 4.74 Å². The van der Waals surface area contributed by atoms with Crippen LogP contribution in [0.1, 0.15) is 12.0 Å². The van der Waals surface area contributed by atoms with Crippen LogP contribution in [0.2, 0.25) is 0 Å². The largest absolute Gasteiger partial charge is 0.497 e. The maximum atomic E-state index is 13.8. The number of hydrogen-bond acceptors (Lipinski definition) is 3. The molecule has 1 aliphatic heterocycles. The van der Waals surface area contributed by atoms with Gasteiger partial charge in [-0.25, -0.2) is 4.39 Å². The van der Waals surface area contributed by atoms with Gasteiger partial charge in [-0.15, -0.1) is 0 Å². The van der Waals surface area contributed by atoms with Crippen LogP contribution >= 0.6 is 0 Å². The Morgan fingerprint density at radius 1 is 1.24 bits per heavy atom. The molecule has 1 saturated heterocycles. The average Bonchev–Trinajstić information content (AvgIpc) is 3.00. The fraction of sp³-hybridized carbons (Fsp3) is 0.263. The van der Waals surface area contributed by atoms with E-state index in [1.165, 1.54) is 6.07 Å². The predicted molar refractivity (Wildman–Crippen MR) is 93.2 cm³/mol. The van der Waals surface area contributed by atoms with Gasteiger partial charge in [0.25, 0.3) is 0 Å². The average molecular weight is 342 g/mol. The maximum Gasteiger partial charge on any atom is 0.229 e. The first-order chi connectivity index (χ1) is 12.0. The van der Waals surface area contributed by atoms with Gasteiger partial charge in [0.15, 0.2) is 0 Å². The van der Waals surface area contributed by atoms with Crippen LogP contribution in [0.4, 0.5) is 15.8 Å². The molecule has 1 fully saturated rings. The van der Waals surface area contributed by atoms with Crippen LogP contribution in [0.15, 0.2) is 42.5 Å². The molecule has 6 heteroatoms. The molecule has 0 aliphatic carbocycles. The number of amides is 2. The Balaban J connectivity index is 1.70. The zero-order chi connectivity index (χ0) is 18.0. The number of methoxy groups -OCH3 is 1. The Morgan fingerprint density at radius 3 is 2.64 bits per heavy atom. The summed E-state index contributed by atoms with van der Waals surface area (Å²) in [6.45, 7) is 2.09. The molecule has 1 N–H and O–H groups in total. The molecule has 5 nitrogen and oxygen atoms in total. The van der Waals surface area contributed by atoms with Gasteiger partial charge in [0.1, 0.15) is 11.6 Å². The zero-order valence-corrected chi connectivity index (χ0v) is 14.1. The molecular formula is C19H19FN2O3. The minimum atomic E-state index is -0.519. The number of carbonyl (C=O) groups is 2. The Kier molecular flexibility index (Phi) is 4.70. The fourth-order valence-electron chi connectivity index (χ4n) is 2.86. The minimum absolute atomic E-state index is 0.102. The van der Waals surface area contributed by atoms with Crippen molar-refractivity contribution < 1.29 is 18.7 Å². The number of ether oxygens (including phenoxy) is 1. The van der Waals surface area contributed by atoms with Crippen LogP contribution in [0, 0.1) is 18.7 Å². The number of benzene rings is 2. The lowest BCUT2D eigenvalue weighted by atomic mass is 10.1. The molecule has 0 saturated carbocycles. The maximum absolute atomic E-state index is 13.8. The third-order valence-corrected chi connectivity index (χ3v) is 4.26. The van der Waals surface area contributed by atoms with Gasteiger partial charge >= 0.3 is 0 Å². The Labute approximate surface area is 145 Å². The third kappa shape index (κ3) is 3.63. The number of aryl methyl sites for hydroxylation is 1. The molecule has 1 atom stereocenters. The van der Waals surface area contributed by atoms with Gasteiger partial charge in [-0.3, -0.25) is 9.59 Å². The molecule has 0 radical (unpaired) electrons. The molecule has 0 spiro atoms. The van der Waals surface area contributed by atoms with Crippen LogP contribution in [0.3, 0.4) is 0 Å². The predicted octanol–water partition coefficient (Wildman–Crippen LogP) is 3.13. The second kappa shape index (κ2) is 6.93. The zero-order valence-electron chi connectivity index (χ0n) is 14.1. The van der Waals surface area contributed by atoms with Gasteiger partial charge in [-0.1, -0.05) is 6.07 Å². The molecule has 0 bridgehead atoms. The second-order valence-electron chi connectivity index (χ2n) is 6.08. The van der Waals surface area contributed by atoms with Crippen LogP contribution in [0.5, 0.6) is 5.75 Å². The summed E-state index contributed by atoms with van der Waals surface area (Å²) in [5.74, 6) is -0.798. The van der Waals surface area contributed by atoms with E-state index >= 15 is 0 Å². The number of nitrogens with zero attached hydrogens (tertiary/aromatic N) is 1. The first-order valence-electron chi connectivity index (χ1n) is 7.99. The molecule has 3 rings (SSSR count). The topological polar surface area (TPSA) is 58.6 Å². The lowest BCUT2D eigenvalue weighted by molar-refractivity contribution is -0.122. The van der Waals surface area contributed by atoms with E-state index in [0.29, 0.717) is 11.4 Å². The number of anilines is 2. The quantitative estimate of drug-likeness (QED) is 0.929. The SMILES string of the molecule is COc1ccc(N2CC(C(=O)Nc3cc(C)ccc3F)CC2=O)cc1. The standard InChI is InChI=1S/C19H19FN2O3/c1-12-3-8-16(20)17(9-12)21-19(24)13-10-18(23)22(11-13)14-4-6-15(25-2)7-5-14/h3-9,13H,10-11H2,1-2H3,(H,21,24). The molecule has 130 valence electrons. The van der Waals surface area contributed by atoms with Gasteiger partial charge < -0.3 is 15.0 Å². The number of nitrogens with one attached hydrogen (secondary N) is 1. The van der Waals surface area contributed by atoms with Crippen molar-refractivity contribution in [3.63, 3.8) is 0 Å². The smallest absolute Gasteiger partial charge is 0.229 e. The van der Waals surface area contributed by atoms with Crippen LogP contribution in [-0.2, 0) is 9.59 Å². The summed E-state index contributed by atoms with van der Waals surface area (Å²) < 4.78 is 18.9. The monoisotopic (exact) mass is 342 g/mol. The Hall–Kier alpha value is -2.89. The molecule has 0 aromatic heterocycles. The molecule has 1 aliphatic rings. The summed E-state index contributed by atoms with van der Waals surface area (Å²) in [5, 5.41) is 2.59. The summed E-state index contributed by atoms with van der Waals surface area (Å²) in [6.07, 6.45) is 0.102. The summed E-state index contributed by atoms with van der Waals surface area (Å²) in [7, 11) is 1.57. The van der Waals surface area contributed by atoms with Crippen LogP contribution in [-0.4, -0.2) is 25.5 Å². The minimum Gasteiger partial charge on any atom is -0.497 e. The summed E-state index contributed by atoms with van der Waals surface area (Å²) in [5.41, 5.74) is 1.70. The van der Waals surface area contributed by atoms with Crippen LogP contribution < -0.4 is 15.0 Å². The van der Waals surface area contributed by atoms with E-state index in [1.807, 2.05) is 6.92 Å². The van der Waals surface area contributed by atoms with E-state index in [1.54, 1.807) is 48.4 Å². The molecule has 1 heterocycles. The van der Waals surface area contributed by atoms with E-state index in [-0.39, 0.29) is 30.5 Å². The third-order valence-electron chi connectivity index (χ3n) is 4.26.